The van der Waals surface area contributed by atoms with E-state index >= 15 is 0 Å². The van der Waals surface area contributed by atoms with E-state index in [-0.39, 0.29) is 11.7 Å². The first-order chi connectivity index (χ1) is 10.2. The van der Waals surface area contributed by atoms with Gasteiger partial charge in [0, 0.05) is 12.2 Å². The molecule has 2 amide bonds. The molecule has 110 valence electrons. The second-order valence-corrected chi connectivity index (χ2v) is 4.54. The fraction of sp³-hybridized carbons (Fsp3) is 0.188. The van der Waals surface area contributed by atoms with Crippen molar-refractivity contribution in [1.29, 1.82) is 0 Å². The summed E-state index contributed by atoms with van der Waals surface area (Å²) in [5.74, 6) is -0.433. The van der Waals surface area contributed by atoms with E-state index < -0.39 is 5.82 Å². The van der Waals surface area contributed by atoms with Gasteiger partial charge in [0.1, 0.15) is 5.82 Å². The highest BCUT2D eigenvalue weighted by Crippen LogP contribution is 2.20. The van der Waals surface area contributed by atoms with Gasteiger partial charge < -0.3 is 11.1 Å². The van der Waals surface area contributed by atoms with Gasteiger partial charge in [-0.3, -0.25) is 4.90 Å². The maximum Gasteiger partial charge on any atom is 0.326 e. The molecule has 0 saturated heterocycles. The van der Waals surface area contributed by atoms with E-state index in [1.165, 1.54) is 11.0 Å². The van der Waals surface area contributed by atoms with Crippen LogP contribution in [-0.2, 0) is 0 Å². The van der Waals surface area contributed by atoms with Crippen LogP contribution in [0.4, 0.5) is 20.6 Å². The summed E-state index contributed by atoms with van der Waals surface area (Å²) in [5, 5.41) is 2.76. The van der Waals surface area contributed by atoms with E-state index in [1.807, 2.05) is 18.2 Å². The molecule has 2 aromatic rings. The summed E-state index contributed by atoms with van der Waals surface area (Å²) in [7, 11) is 0. The molecule has 3 N–H and O–H groups in total. The van der Waals surface area contributed by atoms with Crippen LogP contribution in [0.5, 0.6) is 0 Å². The zero-order chi connectivity index (χ0) is 15.1. The smallest absolute Gasteiger partial charge is 0.326 e. The summed E-state index contributed by atoms with van der Waals surface area (Å²) in [5.41, 5.74) is 6.41. The van der Waals surface area contributed by atoms with Crippen molar-refractivity contribution in [2.75, 3.05) is 23.3 Å². The predicted octanol–water partition coefficient (Wildman–Crippen LogP) is 3.21. The average molecular weight is 287 g/mol. The van der Waals surface area contributed by atoms with Crippen LogP contribution in [0.3, 0.4) is 0 Å². The third kappa shape index (κ3) is 4.03. The minimum Gasteiger partial charge on any atom is -0.330 e. The Hall–Kier alpha value is -2.40. The van der Waals surface area contributed by atoms with E-state index in [0.29, 0.717) is 25.2 Å². The van der Waals surface area contributed by atoms with Crippen LogP contribution in [0.1, 0.15) is 6.42 Å². The van der Waals surface area contributed by atoms with Crippen molar-refractivity contribution >= 4 is 17.4 Å². The monoisotopic (exact) mass is 287 g/mol. The van der Waals surface area contributed by atoms with Gasteiger partial charge in [-0.05, 0) is 37.2 Å². The molecule has 0 unspecified atom stereocenters. The van der Waals surface area contributed by atoms with E-state index in [1.54, 1.807) is 30.3 Å². The van der Waals surface area contributed by atoms with Gasteiger partial charge in [-0.2, -0.15) is 0 Å². The van der Waals surface area contributed by atoms with Gasteiger partial charge in [0.25, 0.3) is 0 Å². The number of para-hydroxylation sites is 2. The molecule has 0 fully saturated rings. The topological polar surface area (TPSA) is 58.4 Å². The molecule has 0 aromatic heterocycles. The SMILES string of the molecule is NCCCN(C(=O)Nc1ccccc1)c1ccccc1F. The molecule has 0 atom stereocenters. The number of rotatable bonds is 5. The third-order valence-electron chi connectivity index (χ3n) is 3.00. The fourth-order valence-corrected chi connectivity index (χ4v) is 1.96. The molecule has 0 radical (unpaired) electrons. The first-order valence-corrected chi connectivity index (χ1v) is 6.80. The summed E-state index contributed by atoms with van der Waals surface area (Å²) in [6.07, 6.45) is 0.594. The summed E-state index contributed by atoms with van der Waals surface area (Å²) < 4.78 is 13.9. The number of benzene rings is 2. The van der Waals surface area contributed by atoms with Gasteiger partial charge in [-0.25, -0.2) is 9.18 Å². The van der Waals surface area contributed by atoms with Gasteiger partial charge >= 0.3 is 6.03 Å². The van der Waals surface area contributed by atoms with Gasteiger partial charge in [-0.1, -0.05) is 30.3 Å². The Morgan fingerprint density at radius 3 is 2.43 bits per heavy atom. The quantitative estimate of drug-likeness (QED) is 0.887. The van der Waals surface area contributed by atoms with Crippen LogP contribution in [0.2, 0.25) is 0 Å². The van der Waals surface area contributed by atoms with Crippen LogP contribution in [-0.4, -0.2) is 19.1 Å². The highest BCUT2D eigenvalue weighted by Gasteiger charge is 2.18. The lowest BCUT2D eigenvalue weighted by atomic mass is 10.2. The number of amides is 2. The molecule has 4 nitrogen and oxygen atoms in total. The van der Waals surface area contributed by atoms with Crippen molar-refractivity contribution in [3.05, 3.63) is 60.4 Å². The summed E-state index contributed by atoms with van der Waals surface area (Å²) >= 11 is 0. The van der Waals surface area contributed by atoms with Crippen LogP contribution in [0.25, 0.3) is 0 Å². The molecule has 5 heteroatoms. The van der Waals surface area contributed by atoms with E-state index in [0.717, 1.165) is 0 Å². The van der Waals surface area contributed by atoms with E-state index in [2.05, 4.69) is 5.32 Å². The number of carbonyl (C=O) groups is 1. The van der Waals surface area contributed by atoms with Gasteiger partial charge in [0.2, 0.25) is 0 Å². The fourth-order valence-electron chi connectivity index (χ4n) is 1.96. The van der Waals surface area contributed by atoms with E-state index in [4.69, 9.17) is 5.73 Å². The van der Waals surface area contributed by atoms with E-state index in [9.17, 15) is 9.18 Å². The number of hydrogen-bond acceptors (Lipinski definition) is 2. The molecule has 21 heavy (non-hydrogen) atoms. The number of nitrogens with one attached hydrogen (secondary N) is 1. The highest BCUT2D eigenvalue weighted by atomic mass is 19.1. The first kappa shape index (κ1) is 15.0. The van der Waals surface area contributed by atoms with Crippen molar-refractivity contribution in [3.63, 3.8) is 0 Å². The van der Waals surface area contributed by atoms with Gasteiger partial charge in [0.05, 0.1) is 5.69 Å². The number of carbonyl (C=O) groups excluding carboxylic acids is 1. The molecule has 0 saturated carbocycles. The summed E-state index contributed by atoms with van der Waals surface area (Å²) in [4.78, 5) is 13.7. The first-order valence-electron chi connectivity index (χ1n) is 6.80. The molecular formula is C16H18FN3O. The molecule has 0 bridgehead atoms. The number of nitrogens with zero attached hydrogens (tertiary/aromatic N) is 1. The van der Waals surface area contributed by atoms with Crippen molar-refractivity contribution in [3.8, 4) is 0 Å². The summed E-state index contributed by atoms with van der Waals surface area (Å²) in [6.45, 7) is 0.791. The van der Waals surface area contributed by atoms with Crippen molar-refractivity contribution in [2.24, 2.45) is 5.73 Å². The molecule has 2 rings (SSSR count). The lowest BCUT2D eigenvalue weighted by Crippen LogP contribution is -2.37. The molecule has 0 aliphatic heterocycles. The molecule has 2 aromatic carbocycles. The number of anilines is 2. The lowest BCUT2D eigenvalue weighted by Gasteiger charge is -2.23. The normalized spacial score (nSPS) is 10.2. The Balaban J connectivity index is 2.19. The Kier molecular flexibility index (Phi) is 5.29. The standard InChI is InChI=1S/C16H18FN3O/c17-14-9-4-5-10-15(14)20(12-6-11-18)16(21)19-13-7-2-1-3-8-13/h1-5,7-10H,6,11-12,18H2,(H,19,21). The Morgan fingerprint density at radius 2 is 1.76 bits per heavy atom. The van der Waals surface area contributed by atoms with Crippen LogP contribution in [0.15, 0.2) is 54.6 Å². The minimum atomic E-state index is -0.433. The molecular weight excluding hydrogens is 269 g/mol. The summed E-state index contributed by atoms with van der Waals surface area (Å²) in [6, 6.07) is 14.9. The number of nitrogens with two attached hydrogens (primary N) is 1. The molecule has 0 aliphatic rings. The molecule has 0 aliphatic carbocycles. The second kappa shape index (κ2) is 7.40. The lowest BCUT2D eigenvalue weighted by molar-refractivity contribution is 0.256. The Labute approximate surface area is 123 Å². The largest absolute Gasteiger partial charge is 0.330 e. The zero-order valence-corrected chi connectivity index (χ0v) is 11.6. The van der Waals surface area contributed by atoms with Crippen molar-refractivity contribution < 1.29 is 9.18 Å². The zero-order valence-electron chi connectivity index (χ0n) is 11.6. The van der Waals surface area contributed by atoms with Crippen LogP contribution < -0.4 is 16.0 Å². The maximum atomic E-state index is 13.9. The van der Waals surface area contributed by atoms with Gasteiger partial charge in [0.15, 0.2) is 0 Å². The predicted molar refractivity (Wildman–Crippen MR) is 82.9 cm³/mol. The van der Waals surface area contributed by atoms with Gasteiger partial charge in [-0.15, -0.1) is 0 Å². The molecule has 0 heterocycles. The number of urea groups is 1. The molecule has 0 spiro atoms. The Bertz CT molecular complexity index is 589. The maximum absolute atomic E-state index is 13.9. The average Bonchev–Trinajstić information content (AvgIpc) is 2.50. The third-order valence-corrected chi connectivity index (χ3v) is 3.00. The van der Waals surface area contributed by atoms with Crippen molar-refractivity contribution in [2.45, 2.75) is 6.42 Å². The Morgan fingerprint density at radius 1 is 1.10 bits per heavy atom. The second-order valence-electron chi connectivity index (χ2n) is 4.54. The highest BCUT2D eigenvalue weighted by molar-refractivity contribution is 6.01. The van der Waals surface area contributed by atoms with Crippen molar-refractivity contribution in [1.82, 2.24) is 0 Å². The minimum absolute atomic E-state index is 0.249. The van der Waals surface area contributed by atoms with Crippen LogP contribution >= 0.6 is 0 Å². The number of halogens is 1. The number of hydrogen-bond donors (Lipinski definition) is 2. The van der Waals surface area contributed by atoms with Crippen LogP contribution in [0, 0.1) is 5.82 Å².